The number of nitrogens with one attached hydrogen (secondary N) is 1. The first-order valence-corrected chi connectivity index (χ1v) is 11.6. The quantitative estimate of drug-likeness (QED) is 0.605. The summed E-state index contributed by atoms with van der Waals surface area (Å²) >= 11 is 0. The number of aromatic amines is 1. The van der Waals surface area contributed by atoms with Crippen LogP contribution >= 0.6 is 0 Å². The Bertz CT molecular complexity index is 1250. The average Bonchev–Trinajstić information content (AvgIpc) is 3.31. The normalized spacial score (nSPS) is 17.8. The molecule has 2 saturated heterocycles. The predicted molar refractivity (Wildman–Crippen MR) is 123 cm³/mol. The van der Waals surface area contributed by atoms with Crippen LogP contribution in [-0.4, -0.2) is 45.4 Å². The highest BCUT2D eigenvalue weighted by molar-refractivity contribution is 5.90. The van der Waals surface area contributed by atoms with Gasteiger partial charge in [0.1, 0.15) is 18.2 Å². The Morgan fingerprint density at radius 1 is 1.06 bits per heavy atom. The number of rotatable bonds is 5. The van der Waals surface area contributed by atoms with E-state index in [9.17, 15) is 18.4 Å². The molecule has 1 spiro atoms. The van der Waals surface area contributed by atoms with Crippen LogP contribution in [0.25, 0.3) is 10.9 Å². The van der Waals surface area contributed by atoms with E-state index in [0.29, 0.717) is 49.9 Å². The molecule has 2 aliphatic rings. The Labute approximate surface area is 196 Å². The second-order valence-electron chi connectivity index (χ2n) is 9.23. The highest BCUT2D eigenvalue weighted by Gasteiger charge is 2.48. The van der Waals surface area contributed by atoms with Crippen molar-refractivity contribution in [3.05, 3.63) is 70.9 Å². The van der Waals surface area contributed by atoms with Gasteiger partial charge >= 0.3 is 0 Å². The molecule has 2 fully saturated rings. The molecule has 0 atom stereocenters. The summed E-state index contributed by atoms with van der Waals surface area (Å²) in [5, 5.41) is 2.17. The van der Waals surface area contributed by atoms with Gasteiger partial charge in [-0.3, -0.25) is 14.4 Å². The zero-order valence-electron chi connectivity index (χ0n) is 19.1. The maximum Gasteiger partial charge on any atom is 0.246 e. The Balaban J connectivity index is 1.25. The van der Waals surface area contributed by atoms with Gasteiger partial charge < -0.3 is 9.88 Å². The summed E-state index contributed by atoms with van der Waals surface area (Å²) in [4.78, 5) is 36.4. The van der Waals surface area contributed by atoms with E-state index in [2.05, 4.69) is 4.98 Å². The lowest BCUT2D eigenvalue weighted by Gasteiger charge is -2.43. The van der Waals surface area contributed by atoms with Gasteiger partial charge in [0.2, 0.25) is 11.8 Å². The van der Waals surface area contributed by atoms with Crippen molar-refractivity contribution in [2.75, 3.05) is 13.1 Å². The SMILES string of the molecule is Cc1[nH]c2c(F)cccc2c1CC(=O)N1CCC2(CCC(=O)N2OCc2ccccc2F)CC1. The number of hydrogen-bond donors (Lipinski definition) is 1. The summed E-state index contributed by atoms with van der Waals surface area (Å²) in [6.45, 7) is 2.84. The number of fused-ring (bicyclic) bond motifs is 1. The molecule has 8 heteroatoms. The lowest BCUT2D eigenvalue weighted by molar-refractivity contribution is -0.222. The van der Waals surface area contributed by atoms with Gasteiger partial charge in [0.25, 0.3) is 0 Å². The minimum Gasteiger partial charge on any atom is -0.356 e. The maximum absolute atomic E-state index is 14.1. The molecule has 3 aromatic rings. The lowest BCUT2D eigenvalue weighted by Crippen LogP contribution is -2.54. The number of carbonyl (C=O) groups is 2. The molecule has 0 aliphatic carbocycles. The fraction of sp³-hybridized carbons (Fsp3) is 0.385. The first-order chi connectivity index (χ1) is 16.4. The molecule has 34 heavy (non-hydrogen) atoms. The van der Waals surface area contributed by atoms with Crippen molar-refractivity contribution < 1.29 is 23.2 Å². The summed E-state index contributed by atoms with van der Waals surface area (Å²) in [5.41, 5.74) is 1.95. The standard InChI is InChI=1S/C26H27F2N3O3/c1-17-20(19-6-4-8-22(28)25(19)29-17)15-24(33)30-13-11-26(12-14-30)10-9-23(32)31(26)34-16-18-5-2-3-7-21(18)27/h2-8,29H,9-16H2,1H3. The number of halogens is 2. The monoisotopic (exact) mass is 467 g/mol. The molecule has 3 heterocycles. The predicted octanol–water partition coefficient (Wildman–Crippen LogP) is 4.41. The molecule has 0 unspecified atom stereocenters. The van der Waals surface area contributed by atoms with Crippen LogP contribution in [0.5, 0.6) is 0 Å². The number of amides is 2. The molecule has 2 aliphatic heterocycles. The van der Waals surface area contributed by atoms with E-state index in [1.165, 1.54) is 17.2 Å². The Morgan fingerprint density at radius 3 is 2.56 bits per heavy atom. The molecule has 1 N–H and O–H groups in total. The zero-order chi connectivity index (χ0) is 23.9. The molecule has 2 amide bonds. The first-order valence-electron chi connectivity index (χ1n) is 11.6. The Kier molecular flexibility index (Phi) is 5.85. The van der Waals surface area contributed by atoms with Crippen molar-refractivity contribution in [3.8, 4) is 0 Å². The van der Waals surface area contributed by atoms with E-state index in [1.807, 2.05) is 13.0 Å². The number of aromatic nitrogens is 1. The molecule has 6 nitrogen and oxygen atoms in total. The van der Waals surface area contributed by atoms with E-state index >= 15 is 0 Å². The summed E-state index contributed by atoms with van der Waals surface area (Å²) in [6, 6.07) is 11.2. The summed E-state index contributed by atoms with van der Waals surface area (Å²) < 4.78 is 28.1. The maximum atomic E-state index is 14.1. The van der Waals surface area contributed by atoms with E-state index in [0.717, 1.165) is 16.6 Å². The smallest absolute Gasteiger partial charge is 0.246 e. The summed E-state index contributed by atoms with van der Waals surface area (Å²) in [7, 11) is 0. The third kappa shape index (κ3) is 3.96. The molecule has 178 valence electrons. The van der Waals surface area contributed by atoms with Gasteiger partial charge in [-0.2, -0.15) is 0 Å². The molecule has 5 rings (SSSR count). The fourth-order valence-electron chi connectivity index (χ4n) is 5.25. The fourth-order valence-corrected chi connectivity index (χ4v) is 5.25. The molecular formula is C26H27F2N3O3. The second kappa shape index (κ2) is 8.83. The number of aryl methyl sites for hydroxylation is 1. The van der Waals surface area contributed by atoms with E-state index < -0.39 is 5.54 Å². The minimum absolute atomic E-state index is 0.0147. The van der Waals surface area contributed by atoms with Gasteiger partial charge in [0.15, 0.2) is 0 Å². The largest absolute Gasteiger partial charge is 0.356 e. The van der Waals surface area contributed by atoms with Crippen LogP contribution in [0, 0.1) is 18.6 Å². The Morgan fingerprint density at radius 2 is 1.79 bits per heavy atom. The number of likely N-dealkylation sites (tertiary alicyclic amines) is 1. The van der Waals surface area contributed by atoms with Crippen LogP contribution in [0.2, 0.25) is 0 Å². The van der Waals surface area contributed by atoms with Crippen LogP contribution in [0.4, 0.5) is 8.78 Å². The second-order valence-corrected chi connectivity index (χ2v) is 9.23. The number of carbonyl (C=O) groups excluding carboxylic acids is 2. The summed E-state index contributed by atoms with van der Waals surface area (Å²) in [5.74, 6) is -0.824. The van der Waals surface area contributed by atoms with Gasteiger partial charge in [-0.25, -0.2) is 13.8 Å². The molecule has 0 radical (unpaired) electrons. The van der Waals surface area contributed by atoms with E-state index in [-0.39, 0.29) is 36.5 Å². The van der Waals surface area contributed by atoms with Crippen molar-refractivity contribution in [3.63, 3.8) is 0 Å². The van der Waals surface area contributed by atoms with Crippen molar-refractivity contribution in [1.82, 2.24) is 14.9 Å². The molecular weight excluding hydrogens is 440 g/mol. The highest BCUT2D eigenvalue weighted by atomic mass is 19.1. The minimum atomic E-state index is -0.473. The third-order valence-corrected chi connectivity index (χ3v) is 7.25. The molecule has 0 saturated carbocycles. The van der Waals surface area contributed by atoms with Crippen molar-refractivity contribution in [2.45, 2.75) is 51.2 Å². The highest BCUT2D eigenvalue weighted by Crippen LogP contribution is 2.40. The third-order valence-electron chi connectivity index (χ3n) is 7.25. The van der Waals surface area contributed by atoms with Crippen molar-refractivity contribution >= 4 is 22.7 Å². The van der Waals surface area contributed by atoms with Crippen LogP contribution in [0.15, 0.2) is 42.5 Å². The van der Waals surface area contributed by atoms with Crippen molar-refractivity contribution in [2.24, 2.45) is 0 Å². The number of H-pyrrole nitrogens is 1. The number of benzene rings is 2. The number of para-hydroxylation sites is 1. The molecule has 1 aromatic heterocycles. The van der Waals surface area contributed by atoms with E-state index in [4.69, 9.17) is 4.84 Å². The number of nitrogens with zero attached hydrogens (tertiary/aromatic N) is 2. The van der Waals surface area contributed by atoms with Crippen LogP contribution in [0.1, 0.15) is 42.5 Å². The number of hydrogen-bond acceptors (Lipinski definition) is 3. The van der Waals surface area contributed by atoms with Gasteiger partial charge in [-0.1, -0.05) is 30.3 Å². The topological polar surface area (TPSA) is 65.6 Å². The van der Waals surface area contributed by atoms with Crippen LogP contribution in [-0.2, 0) is 27.5 Å². The zero-order valence-corrected chi connectivity index (χ0v) is 19.1. The van der Waals surface area contributed by atoms with Gasteiger partial charge in [-0.05, 0) is 43.9 Å². The lowest BCUT2D eigenvalue weighted by atomic mass is 9.85. The Hall–Kier alpha value is -3.26. The van der Waals surface area contributed by atoms with Gasteiger partial charge in [0.05, 0.1) is 17.5 Å². The summed E-state index contributed by atoms with van der Waals surface area (Å²) in [6.07, 6.45) is 2.43. The number of piperidine rings is 1. The average molecular weight is 468 g/mol. The van der Waals surface area contributed by atoms with E-state index in [1.54, 1.807) is 29.2 Å². The number of hydroxylamine groups is 2. The van der Waals surface area contributed by atoms with Crippen LogP contribution < -0.4 is 0 Å². The van der Waals surface area contributed by atoms with Gasteiger partial charge in [0, 0.05) is 36.2 Å². The van der Waals surface area contributed by atoms with Crippen molar-refractivity contribution in [1.29, 1.82) is 0 Å². The van der Waals surface area contributed by atoms with Crippen LogP contribution in [0.3, 0.4) is 0 Å². The first kappa shape index (κ1) is 22.5. The van der Waals surface area contributed by atoms with Gasteiger partial charge in [-0.15, -0.1) is 0 Å². The molecule has 0 bridgehead atoms. The molecule has 2 aromatic carbocycles.